The first-order valence-corrected chi connectivity index (χ1v) is 4.80. The first-order valence-electron chi connectivity index (χ1n) is 4.80. The Labute approximate surface area is 68.2 Å². The van der Waals surface area contributed by atoms with Gasteiger partial charge in [0, 0.05) is 12.3 Å². The maximum atomic E-state index is 11.4. The van der Waals surface area contributed by atoms with Gasteiger partial charge in [0.05, 0.1) is 0 Å². The van der Waals surface area contributed by atoms with E-state index in [0.717, 1.165) is 18.3 Å². The topological polar surface area (TPSA) is 17.1 Å². The quantitative estimate of drug-likeness (QED) is 0.521. The molecule has 0 heterocycles. The fourth-order valence-corrected chi connectivity index (χ4v) is 2.71. The Kier molecular flexibility index (Phi) is 1.74. The van der Waals surface area contributed by atoms with Gasteiger partial charge in [-0.3, -0.25) is 4.79 Å². The SMILES string of the molecule is CC1C(=O)CC2CCCC1C2. The standard InChI is InChI=1S/C10H16O/c1-7-9-4-2-3-8(5-9)6-10(7)11/h7-9H,2-6H2,1H3. The first-order chi connectivity index (χ1) is 5.27. The zero-order valence-electron chi connectivity index (χ0n) is 7.18. The van der Waals surface area contributed by atoms with Crippen molar-refractivity contribution in [2.24, 2.45) is 17.8 Å². The molecule has 3 unspecified atom stereocenters. The van der Waals surface area contributed by atoms with Gasteiger partial charge in [-0.15, -0.1) is 0 Å². The highest BCUT2D eigenvalue weighted by Gasteiger charge is 2.35. The number of hydrogen-bond acceptors (Lipinski definition) is 1. The summed E-state index contributed by atoms with van der Waals surface area (Å²) in [5, 5.41) is 0. The fourth-order valence-electron chi connectivity index (χ4n) is 2.71. The van der Waals surface area contributed by atoms with Gasteiger partial charge in [-0.2, -0.15) is 0 Å². The van der Waals surface area contributed by atoms with Crippen molar-refractivity contribution in [2.45, 2.75) is 39.0 Å². The molecule has 62 valence electrons. The molecular weight excluding hydrogens is 136 g/mol. The minimum Gasteiger partial charge on any atom is -0.299 e. The molecule has 2 aliphatic rings. The number of rotatable bonds is 0. The minimum absolute atomic E-state index is 0.381. The maximum absolute atomic E-state index is 11.4. The zero-order valence-corrected chi connectivity index (χ0v) is 7.18. The fraction of sp³-hybridized carbons (Fsp3) is 0.900. The van der Waals surface area contributed by atoms with E-state index in [1.54, 1.807) is 0 Å². The molecule has 2 saturated carbocycles. The van der Waals surface area contributed by atoms with Crippen LogP contribution in [0.5, 0.6) is 0 Å². The second-order valence-corrected chi connectivity index (χ2v) is 4.25. The largest absolute Gasteiger partial charge is 0.299 e. The third kappa shape index (κ3) is 1.21. The van der Waals surface area contributed by atoms with E-state index >= 15 is 0 Å². The van der Waals surface area contributed by atoms with Crippen LogP contribution in [0.3, 0.4) is 0 Å². The van der Waals surface area contributed by atoms with Gasteiger partial charge in [0.25, 0.3) is 0 Å². The van der Waals surface area contributed by atoms with Crippen LogP contribution < -0.4 is 0 Å². The summed E-state index contributed by atoms with van der Waals surface area (Å²) in [5.74, 6) is 2.42. The third-order valence-corrected chi connectivity index (χ3v) is 3.53. The van der Waals surface area contributed by atoms with E-state index in [1.807, 2.05) is 0 Å². The molecule has 0 N–H and O–H groups in total. The molecule has 2 fully saturated rings. The van der Waals surface area contributed by atoms with Gasteiger partial charge in [-0.05, 0) is 24.7 Å². The molecule has 2 aliphatic carbocycles. The van der Waals surface area contributed by atoms with Crippen LogP contribution in [-0.4, -0.2) is 5.78 Å². The van der Waals surface area contributed by atoms with Gasteiger partial charge >= 0.3 is 0 Å². The molecule has 0 aromatic rings. The number of ketones is 1. The number of Topliss-reactive ketones (excluding diaryl/α,β-unsaturated/α-hetero) is 1. The van der Waals surface area contributed by atoms with Crippen molar-refractivity contribution in [3.8, 4) is 0 Å². The van der Waals surface area contributed by atoms with Crippen molar-refractivity contribution < 1.29 is 4.79 Å². The Balaban J connectivity index is 2.11. The van der Waals surface area contributed by atoms with Gasteiger partial charge < -0.3 is 0 Å². The molecule has 11 heavy (non-hydrogen) atoms. The van der Waals surface area contributed by atoms with Crippen molar-refractivity contribution >= 4 is 5.78 Å². The van der Waals surface area contributed by atoms with E-state index in [2.05, 4.69) is 6.92 Å². The van der Waals surface area contributed by atoms with E-state index in [0.29, 0.717) is 11.7 Å². The Morgan fingerprint density at radius 1 is 1.36 bits per heavy atom. The monoisotopic (exact) mass is 152 g/mol. The van der Waals surface area contributed by atoms with Gasteiger partial charge in [0.15, 0.2) is 0 Å². The van der Waals surface area contributed by atoms with Crippen molar-refractivity contribution in [1.82, 2.24) is 0 Å². The summed E-state index contributed by atoms with van der Waals surface area (Å²) in [7, 11) is 0. The molecular formula is C10H16O. The van der Waals surface area contributed by atoms with E-state index in [1.165, 1.54) is 25.7 Å². The molecule has 0 amide bonds. The van der Waals surface area contributed by atoms with Crippen molar-refractivity contribution in [1.29, 1.82) is 0 Å². The summed E-state index contributed by atoms with van der Waals surface area (Å²) >= 11 is 0. The molecule has 3 atom stereocenters. The molecule has 1 nitrogen and oxygen atoms in total. The highest BCUT2D eigenvalue weighted by atomic mass is 16.1. The van der Waals surface area contributed by atoms with Gasteiger partial charge in [-0.25, -0.2) is 0 Å². The van der Waals surface area contributed by atoms with Crippen LogP contribution in [0, 0.1) is 17.8 Å². The predicted octanol–water partition coefficient (Wildman–Crippen LogP) is 2.40. The number of fused-ring (bicyclic) bond motifs is 2. The Bertz CT molecular complexity index is 174. The van der Waals surface area contributed by atoms with Gasteiger partial charge in [0.1, 0.15) is 5.78 Å². The lowest BCUT2D eigenvalue weighted by Gasteiger charge is -2.37. The highest BCUT2D eigenvalue weighted by molar-refractivity contribution is 5.82. The van der Waals surface area contributed by atoms with E-state index in [9.17, 15) is 4.79 Å². The van der Waals surface area contributed by atoms with E-state index in [4.69, 9.17) is 0 Å². The number of hydrogen-bond donors (Lipinski definition) is 0. The lowest BCUT2D eigenvalue weighted by molar-refractivity contribution is -0.129. The third-order valence-electron chi connectivity index (χ3n) is 3.53. The number of carbonyl (C=O) groups is 1. The van der Waals surface area contributed by atoms with E-state index < -0.39 is 0 Å². The Morgan fingerprint density at radius 2 is 2.18 bits per heavy atom. The van der Waals surface area contributed by atoms with Crippen molar-refractivity contribution in [2.75, 3.05) is 0 Å². The van der Waals surface area contributed by atoms with Gasteiger partial charge in [0.2, 0.25) is 0 Å². The summed E-state index contributed by atoms with van der Waals surface area (Å²) in [5.41, 5.74) is 0. The Morgan fingerprint density at radius 3 is 3.00 bits per heavy atom. The number of carbonyl (C=O) groups excluding carboxylic acids is 1. The van der Waals surface area contributed by atoms with Crippen LogP contribution in [0.25, 0.3) is 0 Å². The van der Waals surface area contributed by atoms with Crippen LogP contribution in [0.4, 0.5) is 0 Å². The smallest absolute Gasteiger partial charge is 0.136 e. The molecule has 1 heteroatoms. The summed E-state index contributed by atoms with van der Waals surface area (Å²) in [4.78, 5) is 11.4. The predicted molar refractivity (Wildman–Crippen MR) is 44.2 cm³/mol. The lowest BCUT2D eigenvalue weighted by atomic mass is 9.67. The van der Waals surface area contributed by atoms with Gasteiger partial charge in [-0.1, -0.05) is 19.8 Å². The summed E-state index contributed by atoms with van der Waals surface area (Å²) < 4.78 is 0. The lowest BCUT2D eigenvalue weighted by Crippen LogP contribution is -2.34. The average molecular weight is 152 g/mol. The van der Waals surface area contributed by atoms with Crippen LogP contribution in [0.2, 0.25) is 0 Å². The first kappa shape index (κ1) is 7.33. The summed E-state index contributed by atoms with van der Waals surface area (Å²) in [6.45, 7) is 2.12. The van der Waals surface area contributed by atoms with Crippen molar-refractivity contribution in [3.63, 3.8) is 0 Å². The second-order valence-electron chi connectivity index (χ2n) is 4.25. The van der Waals surface area contributed by atoms with Crippen LogP contribution in [0.15, 0.2) is 0 Å². The molecule has 2 rings (SSSR count). The molecule has 0 aliphatic heterocycles. The van der Waals surface area contributed by atoms with E-state index in [-0.39, 0.29) is 0 Å². The molecule has 0 aromatic heterocycles. The molecule has 0 saturated heterocycles. The van der Waals surface area contributed by atoms with Crippen LogP contribution >= 0.6 is 0 Å². The minimum atomic E-state index is 0.381. The van der Waals surface area contributed by atoms with Crippen LogP contribution in [-0.2, 0) is 4.79 Å². The zero-order chi connectivity index (χ0) is 7.84. The second kappa shape index (κ2) is 2.62. The van der Waals surface area contributed by atoms with Crippen molar-refractivity contribution in [3.05, 3.63) is 0 Å². The normalized spacial score (nSPS) is 44.1. The highest BCUT2D eigenvalue weighted by Crippen LogP contribution is 2.40. The van der Waals surface area contributed by atoms with Crippen LogP contribution in [0.1, 0.15) is 39.0 Å². The summed E-state index contributed by atoms with van der Waals surface area (Å²) in [6, 6.07) is 0. The Hall–Kier alpha value is -0.330. The molecule has 0 radical (unpaired) electrons. The molecule has 0 aromatic carbocycles. The average Bonchev–Trinajstić information content (AvgIpc) is 2.01. The summed E-state index contributed by atoms with van der Waals surface area (Å²) in [6.07, 6.45) is 6.22. The molecule has 0 spiro atoms. The molecule has 2 bridgehead atoms. The maximum Gasteiger partial charge on any atom is 0.136 e.